The van der Waals surface area contributed by atoms with Crippen molar-refractivity contribution in [3.8, 4) is 5.69 Å². The van der Waals surface area contributed by atoms with Gasteiger partial charge in [0.15, 0.2) is 0 Å². The fourth-order valence-electron chi connectivity index (χ4n) is 2.26. The molecule has 0 atom stereocenters. The van der Waals surface area contributed by atoms with Gasteiger partial charge >= 0.3 is 0 Å². The van der Waals surface area contributed by atoms with Gasteiger partial charge in [-0.05, 0) is 30.7 Å². The molecule has 3 aromatic rings. The maximum atomic E-state index is 12.2. The number of hydrogen-bond donors (Lipinski definition) is 1. The Hall–Kier alpha value is -2.67. The van der Waals surface area contributed by atoms with E-state index in [9.17, 15) is 4.79 Å². The molecule has 8 heteroatoms. The fourth-order valence-corrected chi connectivity index (χ4v) is 2.39. The summed E-state index contributed by atoms with van der Waals surface area (Å²) in [6.07, 6.45) is 6.47. The molecule has 0 fully saturated rings. The Balaban J connectivity index is 1.52. The summed E-state index contributed by atoms with van der Waals surface area (Å²) < 4.78 is 3.52. The number of aryl methyl sites for hydroxylation is 2. The zero-order chi connectivity index (χ0) is 16.9. The number of rotatable bonds is 6. The van der Waals surface area contributed by atoms with Crippen molar-refractivity contribution in [2.75, 3.05) is 6.54 Å². The van der Waals surface area contributed by atoms with Crippen LogP contribution in [0.2, 0.25) is 5.02 Å². The first kappa shape index (κ1) is 16.2. The second-order valence-corrected chi connectivity index (χ2v) is 5.80. The van der Waals surface area contributed by atoms with Gasteiger partial charge in [0.25, 0.3) is 5.91 Å². The lowest BCUT2D eigenvalue weighted by Crippen LogP contribution is -2.24. The van der Waals surface area contributed by atoms with E-state index < -0.39 is 0 Å². The molecule has 0 aliphatic rings. The highest BCUT2D eigenvalue weighted by molar-refractivity contribution is 6.30. The molecule has 124 valence electrons. The van der Waals surface area contributed by atoms with Gasteiger partial charge in [0, 0.05) is 31.2 Å². The highest BCUT2D eigenvalue weighted by Gasteiger charge is 2.09. The van der Waals surface area contributed by atoms with E-state index in [1.54, 1.807) is 35.5 Å². The average Bonchev–Trinajstić information content (AvgIpc) is 3.22. The summed E-state index contributed by atoms with van der Waals surface area (Å²) in [6.45, 7) is 0.567. The molecule has 1 amide bonds. The molecular weight excluding hydrogens is 328 g/mol. The Morgan fingerprint density at radius 1 is 1.29 bits per heavy atom. The number of nitrogens with one attached hydrogen (secondary N) is 1. The second kappa shape index (κ2) is 7.27. The minimum absolute atomic E-state index is 0.145. The molecule has 7 nitrogen and oxygen atoms in total. The van der Waals surface area contributed by atoms with Crippen LogP contribution < -0.4 is 5.32 Å². The van der Waals surface area contributed by atoms with E-state index in [1.807, 2.05) is 23.7 Å². The van der Waals surface area contributed by atoms with Crippen molar-refractivity contribution in [2.45, 2.75) is 12.8 Å². The summed E-state index contributed by atoms with van der Waals surface area (Å²) in [5.41, 5.74) is 1.37. The third kappa shape index (κ3) is 3.80. The summed E-state index contributed by atoms with van der Waals surface area (Å²) in [5.74, 6) is 0.757. The molecule has 0 saturated carbocycles. The fraction of sp³-hybridized carbons (Fsp3) is 0.250. The van der Waals surface area contributed by atoms with Gasteiger partial charge < -0.3 is 9.88 Å². The Morgan fingerprint density at radius 3 is 2.79 bits per heavy atom. The van der Waals surface area contributed by atoms with Crippen molar-refractivity contribution in [3.05, 3.63) is 59.4 Å². The number of nitrogens with zero attached hydrogens (tertiary/aromatic N) is 5. The molecule has 0 aliphatic heterocycles. The van der Waals surface area contributed by atoms with E-state index in [0.717, 1.165) is 24.4 Å². The summed E-state index contributed by atoms with van der Waals surface area (Å²) in [5, 5.41) is 15.6. The molecule has 2 aromatic heterocycles. The van der Waals surface area contributed by atoms with Gasteiger partial charge in [-0.3, -0.25) is 4.79 Å². The van der Waals surface area contributed by atoms with Crippen molar-refractivity contribution in [1.29, 1.82) is 0 Å². The normalized spacial score (nSPS) is 10.8. The number of carbonyl (C=O) groups is 1. The van der Waals surface area contributed by atoms with Crippen LogP contribution in [0.1, 0.15) is 22.6 Å². The lowest BCUT2D eigenvalue weighted by Gasteiger charge is -2.03. The lowest BCUT2D eigenvalue weighted by atomic mass is 10.2. The quantitative estimate of drug-likeness (QED) is 0.694. The largest absolute Gasteiger partial charge is 0.352 e. The summed E-state index contributed by atoms with van der Waals surface area (Å²) in [7, 11) is 1.90. The number of hydrogen-bond acceptors (Lipinski definition) is 4. The zero-order valence-electron chi connectivity index (χ0n) is 13.2. The molecule has 0 saturated heterocycles. The summed E-state index contributed by atoms with van der Waals surface area (Å²) >= 11 is 5.87. The zero-order valence-corrected chi connectivity index (χ0v) is 13.9. The van der Waals surface area contributed by atoms with Crippen LogP contribution in [0.25, 0.3) is 5.69 Å². The van der Waals surface area contributed by atoms with Crippen LogP contribution in [-0.4, -0.2) is 37.0 Å². The van der Waals surface area contributed by atoms with Crippen LogP contribution in [0.15, 0.2) is 43.0 Å². The first-order chi connectivity index (χ1) is 11.6. The molecule has 24 heavy (non-hydrogen) atoms. The molecule has 2 heterocycles. The minimum atomic E-state index is -0.145. The van der Waals surface area contributed by atoms with Gasteiger partial charge in [0.1, 0.15) is 12.2 Å². The van der Waals surface area contributed by atoms with Gasteiger partial charge in [-0.1, -0.05) is 11.6 Å². The molecule has 0 unspecified atom stereocenters. The lowest BCUT2D eigenvalue weighted by molar-refractivity contribution is 0.0953. The molecule has 0 bridgehead atoms. The van der Waals surface area contributed by atoms with E-state index >= 15 is 0 Å². The summed E-state index contributed by atoms with van der Waals surface area (Å²) in [6, 6.07) is 7.26. The van der Waals surface area contributed by atoms with Gasteiger partial charge in [-0.2, -0.15) is 5.10 Å². The van der Waals surface area contributed by atoms with Crippen LogP contribution in [0, 0.1) is 0 Å². The van der Waals surface area contributed by atoms with Crippen LogP contribution in [-0.2, 0) is 13.5 Å². The van der Waals surface area contributed by atoms with Crippen molar-refractivity contribution in [3.63, 3.8) is 0 Å². The summed E-state index contributed by atoms with van der Waals surface area (Å²) in [4.78, 5) is 12.2. The molecule has 0 radical (unpaired) electrons. The Morgan fingerprint density at radius 2 is 2.08 bits per heavy atom. The molecular formula is C16H17ClN6O. The Labute approximate surface area is 144 Å². The first-order valence-electron chi connectivity index (χ1n) is 7.55. The van der Waals surface area contributed by atoms with E-state index in [-0.39, 0.29) is 5.91 Å². The van der Waals surface area contributed by atoms with Crippen molar-refractivity contribution >= 4 is 17.5 Å². The SMILES string of the molecule is Cn1cnnc1CCCNC(=O)c1cnn(-c2ccc(Cl)cc2)c1. The third-order valence-electron chi connectivity index (χ3n) is 3.60. The van der Waals surface area contributed by atoms with Gasteiger partial charge in [0.05, 0.1) is 17.4 Å². The maximum absolute atomic E-state index is 12.2. The molecule has 0 aliphatic carbocycles. The average molecular weight is 345 g/mol. The topological polar surface area (TPSA) is 77.6 Å². The number of aromatic nitrogens is 5. The van der Waals surface area contributed by atoms with Crippen LogP contribution in [0.5, 0.6) is 0 Å². The van der Waals surface area contributed by atoms with Gasteiger partial charge in [-0.15, -0.1) is 10.2 Å². The van der Waals surface area contributed by atoms with Gasteiger partial charge in [-0.25, -0.2) is 4.68 Å². The van der Waals surface area contributed by atoms with E-state index in [0.29, 0.717) is 17.1 Å². The van der Waals surface area contributed by atoms with E-state index in [2.05, 4.69) is 20.6 Å². The molecule has 3 rings (SSSR count). The Bertz CT molecular complexity index is 823. The third-order valence-corrected chi connectivity index (χ3v) is 3.86. The smallest absolute Gasteiger partial charge is 0.254 e. The van der Waals surface area contributed by atoms with Crippen molar-refractivity contribution in [1.82, 2.24) is 29.9 Å². The monoisotopic (exact) mass is 344 g/mol. The van der Waals surface area contributed by atoms with Gasteiger partial charge in [0.2, 0.25) is 0 Å². The van der Waals surface area contributed by atoms with Crippen LogP contribution >= 0.6 is 11.6 Å². The highest BCUT2D eigenvalue weighted by atomic mass is 35.5. The number of halogens is 1. The second-order valence-electron chi connectivity index (χ2n) is 5.37. The number of carbonyl (C=O) groups excluding carboxylic acids is 1. The molecule has 0 spiro atoms. The van der Waals surface area contributed by atoms with Crippen LogP contribution in [0.4, 0.5) is 0 Å². The maximum Gasteiger partial charge on any atom is 0.254 e. The van der Waals surface area contributed by atoms with E-state index in [4.69, 9.17) is 11.6 Å². The highest BCUT2D eigenvalue weighted by Crippen LogP contribution is 2.13. The molecule has 1 aromatic carbocycles. The predicted molar refractivity (Wildman–Crippen MR) is 90.2 cm³/mol. The van der Waals surface area contributed by atoms with Crippen LogP contribution in [0.3, 0.4) is 0 Å². The van der Waals surface area contributed by atoms with Crippen molar-refractivity contribution in [2.24, 2.45) is 7.05 Å². The standard InChI is InChI=1S/C16H17ClN6O/c1-22-11-19-21-15(22)3-2-8-18-16(24)12-9-20-23(10-12)14-6-4-13(17)5-7-14/h4-7,9-11H,2-3,8H2,1H3,(H,18,24). The number of amides is 1. The van der Waals surface area contributed by atoms with Crippen molar-refractivity contribution < 1.29 is 4.79 Å². The first-order valence-corrected chi connectivity index (χ1v) is 7.93. The number of benzene rings is 1. The Kier molecular flexibility index (Phi) is 4.90. The molecule has 1 N–H and O–H groups in total. The minimum Gasteiger partial charge on any atom is -0.352 e. The predicted octanol–water partition coefficient (Wildman–Crippen LogP) is 2.02. The van der Waals surface area contributed by atoms with E-state index in [1.165, 1.54) is 0 Å².